The first-order chi connectivity index (χ1) is 15.7. The molecule has 0 bridgehead atoms. The Balaban J connectivity index is 3.14. The van der Waals surface area contributed by atoms with Crippen molar-refractivity contribution in [3.05, 3.63) is 0 Å². The summed E-state index contributed by atoms with van der Waals surface area (Å²) in [6, 6.07) is 0. The van der Waals surface area contributed by atoms with Gasteiger partial charge in [0.05, 0.1) is 66.6 Å². The van der Waals surface area contributed by atoms with E-state index in [9.17, 15) is 9.59 Å². The molecule has 0 fully saturated rings. The average molecular weight is 465 g/mol. The zero-order valence-electron chi connectivity index (χ0n) is 20.1. The molecule has 190 valence electrons. The van der Waals surface area contributed by atoms with Gasteiger partial charge in [-0.15, -0.1) is 0 Å². The van der Waals surface area contributed by atoms with Crippen LogP contribution in [0.3, 0.4) is 0 Å². The van der Waals surface area contributed by atoms with Gasteiger partial charge < -0.3 is 33.2 Å². The summed E-state index contributed by atoms with van der Waals surface area (Å²) in [4.78, 5) is 22.4. The molecule has 0 amide bonds. The quantitative estimate of drug-likeness (QED) is 0.149. The minimum Gasteiger partial charge on any atom is -0.467 e. The number of hydrogen-bond acceptors (Lipinski definition) is 9. The Kier molecular flexibility index (Phi) is 25.0. The molecule has 0 aliphatic heterocycles. The molecule has 0 spiro atoms. The third kappa shape index (κ3) is 25.0. The first-order valence-corrected chi connectivity index (χ1v) is 11.8. The van der Waals surface area contributed by atoms with E-state index in [-0.39, 0.29) is 19.2 Å². The second-order valence-corrected chi connectivity index (χ2v) is 7.17. The number of hydrogen-bond donors (Lipinski definition) is 0. The van der Waals surface area contributed by atoms with Crippen LogP contribution in [0.15, 0.2) is 0 Å². The lowest BCUT2D eigenvalue weighted by Gasteiger charge is -2.08. The Labute approximate surface area is 193 Å². The molecule has 0 saturated carbocycles. The number of unbranched alkanes of at least 4 members (excludes halogenated alkanes) is 6. The van der Waals surface area contributed by atoms with Crippen LogP contribution in [0.25, 0.3) is 0 Å². The third-order valence-electron chi connectivity index (χ3n) is 4.41. The number of esters is 2. The van der Waals surface area contributed by atoms with E-state index in [1.807, 2.05) is 0 Å². The predicted molar refractivity (Wildman–Crippen MR) is 120 cm³/mol. The molecule has 0 saturated heterocycles. The van der Waals surface area contributed by atoms with Gasteiger partial charge in [-0.05, 0) is 6.42 Å². The Morgan fingerprint density at radius 3 is 1.47 bits per heavy atom. The number of rotatable bonds is 25. The molecule has 0 aliphatic rings. The molecular weight excluding hydrogens is 420 g/mol. The number of carbonyl (C=O) groups is 2. The molecule has 0 atom stereocenters. The van der Waals surface area contributed by atoms with Gasteiger partial charge in [0.15, 0.2) is 0 Å². The van der Waals surface area contributed by atoms with E-state index < -0.39 is 5.97 Å². The minimum atomic E-state index is -0.406. The maximum absolute atomic E-state index is 11.6. The highest BCUT2D eigenvalue weighted by atomic mass is 16.6. The summed E-state index contributed by atoms with van der Waals surface area (Å²) in [6.07, 6.45) is 8.80. The second-order valence-electron chi connectivity index (χ2n) is 7.17. The van der Waals surface area contributed by atoms with Crippen molar-refractivity contribution in [3.63, 3.8) is 0 Å². The Bertz CT molecular complexity index is 418. The van der Waals surface area contributed by atoms with E-state index in [1.165, 1.54) is 39.2 Å². The Morgan fingerprint density at radius 1 is 0.531 bits per heavy atom. The Morgan fingerprint density at radius 2 is 0.969 bits per heavy atom. The molecule has 9 nitrogen and oxygen atoms in total. The van der Waals surface area contributed by atoms with Gasteiger partial charge in [0.1, 0.15) is 13.2 Å². The van der Waals surface area contributed by atoms with Crippen LogP contribution >= 0.6 is 0 Å². The molecule has 0 aromatic rings. The second kappa shape index (κ2) is 26.0. The number of methoxy groups -OCH3 is 1. The van der Waals surface area contributed by atoms with Gasteiger partial charge in [0, 0.05) is 6.42 Å². The lowest BCUT2D eigenvalue weighted by atomic mass is 10.1. The molecule has 0 N–H and O–H groups in total. The summed E-state index contributed by atoms with van der Waals surface area (Å²) in [5.74, 6) is -0.551. The monoisotopic (exact) mass is 464 g/mol. The lowest BCUT2D eigenvalue weighted by molar-refractivity contribution is -0.146. The van der Waals surface area contributed by atoms with Crippen LogP contribution in [0, 0.1) is 0 Å². The zero-order valence-corrected chi connectivity index (χ0v) is 20.1. The number of ether oxygens (including phenoxy) is 7. The zero-order chi connectivity index (χ0) is 23.5. The highest BCUT2D eigenvalue weighted by Gasteiger charge is 2.02. The molecule has 0 aromatic carbocycles. The summed E-state index contributed by atoms with van der Waals surface area (Å²) in [7, 11) is 1.31. The summed E-state index contributed by atoms with van der Waals surface area (Å²) in [6.45, 7) is 6.28. The minimum absolute atomic E-state index is 0.0676. The maximum Gasteiger partial charge on any atom is 0.331 e. The van der Waals surface area contributed by atoms with Gasteiger partial charge in [-0.25, -0.2) is 4.79 Å². The fraction of sp³-hybridized carbons (Fsp3) is 0.913. The van der Waals surface area contributed by atoms with Gasteiger partial charge in [0.25, 0.3) is 0 Å². The van der Waals surface area contributed by atoms with E-state index in [0.29, 0.717) is 65.9 Å². The summed E-state index contributed by atoms with van der Waals surface area (Å²) < 4.78 is 36.1. The fourth-order valence-corrected chi connectivity index (χ4v) is 2.61. The highest BCUT2D eigenvalue weighted by molar-refractivity contribution is 5.70. The van der Waals surface area contributed by atoms with E-state index in [0.717, 1.165) is 12.8 Å². The summed E-state index contributed by atoms with van der Waals surface area (Å²) in [5, 5.41) is 0. The van der Waals surface area contributed by atoms with Crippen molar-refractivity contribution in [2.24, 2.45) is 0 Å². The van der Waals surface area contributed by atoms with Crippen LogP contribution in [0.4, 0.5) is 0 Å². The van der Waals surface area contributed by atoms with E-state index in [4.69, 9.17) is 28.4 Å². The molecule has 0 unspecified atom stereocenters. The standard InChI is InChI=1S/C23H44O9/c1-3-4-5-6-7-8-9-10-22(24)32-20-19-30-16-15-28-12-11-27-13-14-29-17-18-31-21-23(25)26-2/h3-21H2,1-2H3. The van der Waals surface area contributed by atoms with Gasteiger partial charge in [-0.3, -0.25) is 4.79 Å². The topological polar surface area (TPSA) is 98.8 Å². The van der Waals surface area contributed by atoms with Crippen LogP contribution in [0.5, 0.6) is 0 Å². The molecule has 0 heterocycles. The highest BCUT2D eigenvalue weighted by Crippen LogP contribution is 2.08. The molecule has 0 aliphatic carbocycles. The molecule has 0 rings (SSSR count). The Hall–Kier alpha value is -1.26. The normalized spacial score (nSPS) is 10.9. The van der Waals surface area contributed by atoms with Crippen molar-refractivity contribution < 1.29 is 42.7 Å². The van der Waals surface area contributed by atoms with Gasteiger partial charge in [-0.2, -0.15) is 0 Å². The van der Waals surface area contributed by atoms with Crippen molar-refractivity contribution in [3.8, 4) is 0 Å². The summed E-state index contributed by atoms with van der Waals surface area (Å²) in [5.41, 5.74) is 0. The maximum atomic E-state index is 11.6. The van der Waals surface area contributed by atoms with Crippen molar-refractivity contribution >= 4 is 11.9 Å². The molecule has 9 heteroatoms. The van der Waals surface area contributed by atoms with E-state index in [1.54, 1.807) is 0 Å². The van der Waals surface area contributed by atoms with Crippen molar-refractivity contribution in [1.29, 1.82) is 0 Å². The first-order valence-electron chi connectivity index (χ1n) is 11.8. The molecule has 32 heavy (non-hydrogen) atoms. The number of carbonyl (C=O) groups excluding carboxylic acids is 2. The van der Waals surface area contributed by atoms with Crippen LogP contribution in [0.2, 0.25) is 0 Å². The largest absolute Gasteiger partial charge is 0.467 e. The lowest BCUT2D eigenvalue weighted by Crippen LogP contribution is -2.16. The average Bonchev–Trinajstić information content (AvgIpc) is 2.80. The molecule has 0 aromatic heterocycles. The van der Waals surface area contributed by atoms with Crippen molar-refractivity contribution in [1.82, 2.24) is 0 Å². The SMILES string of the molecule is CCCCCCCCCC(=O)OCCOCCOCCOCCOCCOCC(=O)OC. The predicted octanol–water partition coefficient (Wildman–Crippen LogP) is 2.93. The van der Waals surface area contributed by atoms with Gasteiger partial charge >= 0.3 is 11.9 Å². The first kappa shape index (κ1) is 30.7. The van der Waals surface area contributed by atoms with E-state index >= 15 is 0 Å². The van der Waals surface area contributed by atoms with Crippen LogP contribution in [0.1, 0.15) is 58.3 Å². The third-order valence-corrected chi connectivity index (χ3v) is 4.41. The fourth-order valence-electron chi connectivity index (χ4n) is 2.61. The molecule has 0 radical (unpaired) electrons. The van der Waals surface area contributed by atoms with Crippen LogP contribution < -0.4 is 0 Å². The van der Waals surface area contributed by atoms with Gasteiger partial charge in [-0.1, -0.05) is 45.4 Å². The van der Waals surface area contributed by atoms with E-state index in [2.05, 4.69) is 11.7 Å². The molecular formula is C23H44O9. The van der Waals surface area contributed by atoms with Crippen LogP contribution in [-0.4, -0.2) is 91.7 Å². The van der Waals surface area contributed by atoms with Crippen LogP contribution in [-0.2, 0) is 42.7 Å². The van der Waals surface area contributed by atoms with Crippen molar-refractivity contribution in [2.75, 3.05) is 79.8 Å². The van der Waals surface area contributed by atoms with Crippen molar-refractivity contribution in [2.45, 2.75) is 58.3 Å². The summed E-state index contributed by atoms with van der Waals surface area (Å²) >= 11 is 0. The smallest absolute Gasteiger partial charge is 0.331 e. The van der Waals surface area contributed by atoms with Gasteiger partial charge in [0.2, 0.25) is 0 Å².